The summed E-state index contributed by atoms with van der Waals surface area (Å²) in [6, 6.07) is 7.92. The predicted octanol–water partition coefficient (Wildman–Crippen LogP) is -3.27. The minimum atomic E-state index is -1.96. The zero-order valence-electron chi connectivity index (χ0n) is 27.3. The van der Waals surface area contributed by atoms with E-state index in [1.54, 1.807) is 0 Å². The Bertz CT molecular complexity index is 1730. The summed E-state index contributed by atoms with van der Waals surface area (Å²) in [5.41, 5.74) is -0.315. The molecule has 2 aromatic carbocycles. The van der Waals surface area contributed by atoms with E-state index in [1.165, 1.54) is 37.3 Å². The summed E-state index contributed by atoms with van der Waals surface area (Å²) < 4.78 is 40.3. The largest absolute Gasteiger partial charge is 0.508 e. The Hall–Kier alpha value is -3.51. The second kappa shape index (κ2) is 15.5. The first kappa shape index (κ1) is 38.2. The summed E-state index contributed by atoms with van der Waals surface area (Å²) >= 11 is 0. The highest BCUT2D eigenvalue weighted by Gasteiger charge is 2.54. The molecule has 0 amide bonds. The third-order valence-electron chi connectivity index (χ3n) is 9.30. The molecule has 0 radical (unpaired) electrons. The van der Waals surface area contributed by atoms with E-state index in [-0.39, 0.29) is 28.0 Å². The number of hydrogen-bond acceptors (Lipinski definition) is 19. The third-order valence-corrected chi connectivity index (χ3v) is 9.30. The first-order valence-electron chi connectivity index (χ1n) is 16.2. The van der Waals surface area contributed by atoms with Crippen molar-refractivity contribution in [2.45, 2.75) is 99.0 Å². The van der Waals surface area contributed by atoms with Crippen LogP contribution in [0.2, 0.25) is 0 Å². The van der Waals surface area contributed by atoms with Gasteiger partial charge in [0.05, 0.1) is 24.9 Å². The SMILES string of the molecule is C[C@@H]1O[C@@H](O[C@H]2[C@H](Oc3cc(O)c4c(=O)c(-c5ccc(O)cc5)coc4c3)O[C@H](CO)[C@@H](O)[C@@H]2O[C@@H]2O[C@H](CO)[C@@H](O)[C@H](O)[C@H]2O)[C@H](O)[C@H](O)[C@H]1O. The average Bonchev–Trinajstić information content (AvgIpc) is 3.12. The van der Waals surface area contributed by atoms with Crippen molar-refractivity contribution in [2.75, 3.05) is 13.2 Å². The number of rotatable bonds is 9. The highest BCUT2D eigenvalue weighted by atomic mass is 16.8. The van der Waals surface area contributed by atoms with Crippen LogP contribution in [0.1, 0.15) is 6.92 Å². The molecule has 4 heterocycles. The van der Waals surface area contributed by atoms with Gasteiger partial charge in [-0.15, -0.1) is 0 Å². The molecule has 0 aliphatic carbocycles. The lowest BCUT2D eigenvalue weighted by Gasteiger charge is -2.48. The number of aliphatic hydroxyl groups is 9. The molecule has 286 valence electrons. The summed E-state index contributed by atoms with van der Waals surface area (Å²) in [6.45, 7) is -0.298. The molecule has 3 aliphatic heterocycles. The van der Waals surface area contributed by atoms with Crippen molar-refractivity contribution in [3.63, 3.8) is 0 Å². The molecule has 19 heteroatoms. The molecule has 52 heavy (non-hydrogen) atoms. The fraction of sp³-hybridized carbons (Fsp3) is 0.545. The Morgan fingerprint density at radius 1 is 0.673 bits per heavy atom. The number of aromatic hydroxyl groups is 2. The van der Waals surface area contributed by atoms with Gasteiger partial charge in [-0.3, -0.25) is 4.79 Å². The van der Waals surface area contributed by atoms with Crippen LogP contribution in [0.5, 0.6) is 17.2 Å². The fourth-order valence-corrected chi connectivity index (χ4v) is 6.30. The van der Waals surface area contributed by atoms with Gasteiger partial charge in [0.15, 0.2) is 18.7 Å². The summed E-state index contributed by atoms with van der Waals surface area (Å²) in [5.74, 6) is -0.854. The Balaban J connectivity index is 1.36. The summed E-state index contributed by atoms with van der Waals surface area (Å²) in [5, 5.41) is 114. The van der Waals surface area contributed by atoms with E-state index in [4.69, 9.17) is 32.8 Å². The van der Waals surface area contributed by atoms with Crippen molar-refractivity contribution in [1.82, 2.24) is 0 Å². The van der Waals surface area contributed by atoms with E-state index in [0.717, 1.165) is 12.3 Å². The molecular formula is C33H40O19. The number of hydrogen-bond donors (Lipinski definition) is 11. The molecule has 0 spiro atoms. The Morgan fingerprint density at radius 3 is 1.90 bits per heavy atom. The molecule has 1 aromatic heterocycles. The van der Waals surface area contributed by atoms with Gasteiger partial charge in [0.1, 0.15) is 95.5 Å². The summed E-state index contributed by atoms with van der Waals surface area (Å²) in [6.07, 6.45) is -24.5. The number of phenols is 2. The van der Waals surface area contributed by atoms with Crippen molar-refractivity contribution < 1.29 is 89.0 Å². The quantitative estimate of drug-likeness (QED) is 0.102. The van der Waals surface area contributed by atoms with Gasteiger partial charge in [-0.2, -0.15) is 0 Å². The third kappa shape index (κ3) is 7.21. The van der Waals surface area contributed by atoms with Crippen LogP contribution in [0, 0.1) is 0 Å². The van der Waals surface area contributed by atoms with Crippen LogP contribution in [0.25, 0.3) is 22.1 Å². The fourth-order valence-electron chi connectivity index (χ4n) is 6.30. The van der Waals surface area contributed by atoms with Gasteiger partial charge in [-0.05, 0) is 24.6 Å². The topological polar surface area (TPSA) is 308 Å². The van der Waals surface area contributed by atoms with Crippen LogP contribution in [0.15, 0.2) is 51.9 Å². The van der Waals surface area contributed by atoms with E-state index in [2.05, 4.69) is 0 Å². The number of benzene rings is 2. The number of phenolic OH excluding ortho intramolecular Hbond substituents is 2. The Labute approximate surface area is 293 Å². The van der Waals surface area contributed by atoms with Crippen LogP contribution in [-0.4, -0.2) is 162 Å². The molecule has 6 rings (SSSR count). The molecule has 0 saturated carbocycles. The smallest absolute Gasteiger partial charge is 0.229 e. The zero-order valence-corrected chi connectivity index (χ0v) is 27.3. The van der Waals surface area contributed by atoms with Crippen molar-refractivity contribution in [1.29, 1.82) is 0 Å². The van der Waals surface area contributed by atoms with Crippen molar-refractivity contribution in [3.05, 3.63) is 52.9 Å². The summed E-state index contributed by atoms with van der Waals surface area (Å²) in [7, 11) is 0. The van der Waals surface area contributed by atoms with Gasteiger partial charge in [0, 0.05) is 12.1 Å². The van der Waals surface area contributed by atoms with Crippen LogP contribution >= 0.6 is 0 Å². The van der Waals surface area contributed by atoms with Crippen molar-refractivity contribution in [2.24, 2.45) is 0 Å². The Morgan fingerprint density at radius 2 is 1.25 bits per heavy atom. The molecule has 3 aliphatic rings. The van der Waals surface area contributed by atoms with Crippen LogP contribution < -0.4 is 10.2 Å². The monoisotopic (exact) mass is 740 g/mol. The average molecular weight is 741 g/mol. The van der Waals surface area contributed by atoms with Gasteiger partial charge < -0.3 is 89.0 Å². The molecule has 0 unspecified atom stereocenters. The standard InChI is InChI=1S/C33H40O19/c1-11-21(38)25(42)27(44)31(47-11)52-30-29(51-32-28(45)26(43)23(40)18(8-34)49-32)24(41)19(9-35)50-33(30)48-14-6-16(37)20-17(7-14)46-10-15(22(20)39)12-2-4-13(36)5-3-12/h2-7,10-11,18-19,21,23-38,40-45H,8-9H2,1H3/t11-,18+,19+,21-,23+,24+,25+,26-,27+,28+,29-,30+,31-,32-,33+/m0/s1. The second-order valence-corrected chi connectivity index (χ2v) is 12.8. The minimum Gasteiger partial charge on any atom is -0.508 e. The molecule has 11 N–H and O–H groups in total. The van der Waals surface area contributed by atoms with Gasteiger partial charge >= 0.3 is 0 Å². The molecule has 0 bridgehead atoms. The molecular weight excluding hydrogens is 700 g/mol. The lowest BCUT2D eigenvalue weighted by Crippen LogP contribution is -2.67. The zero-order chi connectivity index (χ0) is 37.6. The van der Waals surface area contributed by atoms with Crippen molar-refractivity contribution >= 4 is 11.0 Å². The molecule has 3 fully saturated rings. The van der Waals surface area contributed by atoms with Crippen molar-refractivity contribution in [3.8, 4) is 28.4 Å². The first-order valence-corrected chi connectivity index (χ1v) is 16.2. The van der Waals surface area contributed by atoms with Crippen LogP contribution in [0.4, 0.5) is 0 Å². The maximum Gasteiger partial charge on any atom is 0.229 e. The molecule has 15 atom stereocenters. The lowest BCUT2D eigenvalue weighted by molar-refractivity contribution is -0.383. The van der Waals surface area contributed by atoms with Crippen LogP contribution in [-0.2, 0) is 23.7 Å². The van der Waals surface area contributed by atoms with Gasteiger partial charge in [-0.25, -0.2) is 0 Å². The second-order valence-electron chi connectivity index (χ2n) is 12.8. The summed E-state index contributed by atoms with van der Waals surface area (Å²) in [4.78, 5) is 13.4. The van der Waals surface area contributed by atoms with E-state index in [9.17, 15) is 61.0 Å². The molecule has 3 saturated heterocycles. The Kier molecular flexibility index (Phi) is 11.4. The van der Waals surface area contributed by atoms with E-state index >= 15 is 0 Å². The van der Waals surface area contributed by atoms with Crippen LogP contribution in [0.3, 0.4) is 0 Å². The highest BCUT2D eigenvalue weighted by Crippen LogP contribution is 2.37. The predicted molar refractivity (Wildman–Crippen MR) is 169 cm³/mol. The van der Waals surface area contributed by atoms with Gasteiger partial charge in [0.2, 0.25) is 11.7 Å². The van der Waals surface area contributed by atoms with E-state index < -0.39 is 117 Å². The highest BCUT2D eigenvalue weighted by molar-refractivity contribution is 5.88. The minimum absolute atomic E-state index is 0.0320. The first-order chi connectivity index (χ1) is 24.7. The lowest BCUT2D eigenvalue weighted by atomic mass is 9.96. The number of aliphatic hydroxyl groups excluding tert-OH is 9. The van der Waals surface area contributed by atoms with Gasteiger partial charge in [-0.1, -0.05) is 12.1 Å². The maximum atomic E-state index is 13.4. The molecule has 19 nitrogen and oxygen atoms in total. The maximum absolute atomic E-state index is 13.4. The van der Waals surface area contributed by atoms with E-state index in [1.807, 2.05) is 0 Å². The normalized spacial score (nSPS) is 38.3. The number of ether oxygens (including phenoxy) is 6. The van der Waals surface area contributed by atoms with Gasteiger partial charge in [0.25, 0.3) is 0 Å². The number of fused-ring (bicyclic) bond motifs is 1. The molecule has 3 aromatic rings. The van der Waals surface area contributed by atoms with E-state index in [0.29, 0.717) is 5.56 Å².